The molecular weight excluding hydrogens is 230 g/mol. The van der Waals surface area contributed by atoms with Gasteiger partial charge >= 0.3 is 18.4 Å². The van der Waals surface area contributed by atoms with Gasteiger partial charge in [0.05, 0.1) is 0 Å². The second-order valence-electron chi connectivity index (χ2n) is 3.02. The van der Waals surface area contributed by atoms with Gasteiger partial charge in [0.25, 0.3) is 0 Å². The molecule has 1 rings (SSSR count). The third-order valence-corrected chi connectivity index (χ3v) is 1.94. The van der Waals surface area contributed by atoms with Gasteiger partial charge in [0, 0.05) is 6.54 Å². The lowest BCUT2D eigenvalue weighted by molar-refractivity contribution is -0.235. The third kappa shape index (κ3) is 2.66. The quantitative estimate of drug-likeness (QED) is 0.613. The van der Waals surface area contributed by atoms with Crippen LogP contribution in [-0.2, 0) is 0 Å². The predicted octanol–water partition coefficient (Wildman–Crippen LogP) is 1.41. The van der Waals surface area contributed by atoms with Crippen molar-refractivity contribution in [3.05, 3.63) is 0 Å². The number of halogens is 6. The number of hydrogen-bond acceptors (Lipinski definition) is 1. The number of amides is 2. The van der Waals surface area contributed by atoms with E-state index in [1.165, 1.54) is 5.32 Å². The van der Waals surface area contributed by atoms with E-state index in [1.807, 2.05) is 0 Å². The highest BCUT2D eigenvalue weighted by molar-refractivity contribution is 5.75. The Labute approximate surface area is 79.8 Å². The first-order valence-electron chi connectivity index (χ1n) is 3.80. The summed E-state index contributed by atoms with van der Waals surface area (Å²) in [6.07, 6.45) is -10.1. The number of carbonyl (C=O) groups is 1. The van der Waals surface area contributed by atoms with Crippen LogP contribution in [0.2, 0.25) is 0 Å². The zero-order valence-electron chi connectivity index (χ0n) is 7.04. The molecule has 1 aliphatic rings. The average Bonchev–Trinajstić information content (AvgIpc) is 2.00. The van der Waals surface area contributed by atoms with E-state index in [0.29, 0.717) is 0 Å². The maximum atomic E-state index is 12.2. The molecule has 1 saturated heterocycles. The van der Waals surface area contributed by atoms with Gasteiger partial charge in [0.1, 0.15) is 12.0 Å². The fraction of sp³-hybridized carbons (Fsp3) is 0.833. The van der Waals surface area contributed by atoms with Crippen LogP contribution in [0.3, 0.4) is 0 Å². The Balaban J connectivity index is 2.90. The summed E-state index contributed by atoms with van der Waals surface area (Å²) in [5.74, 6) is -2.66. The molecule has 0 aromatic rings. The lowest BCUT2D eigenvalue weighted by Crippen LogP contribution is -2.63. The number of carbonyl (C=O) groups excluding carboxylic acids is 1. The highest BCUT2D eigenvalue weighted by Gasteiger charge is 2.57. The Morgan fingerprint density at radius 1 is 1.07 bits per heavy atom. The SMILES string of the molecule is O=C1NCC(C(F)(F)F)C(C(F)(F)F)N1. The predicted molar refractivity (Wildman–Crippen MR) is 35.9 cm³/mol. The first-order chi connectivity index (χ1) is 6.62. The molecule has 0 saturated carbocycles. The Kier molecular flexibility index (Phi) is 2.75. The maximum absolute atomic E-state index is 12.2. The lowest BCUT2D eigenvalue weighted by Gasteiger charge is -2.34. The van der Waals surface area contributed by atoms with Gasteiger partial charge < -0.3 is 10.6 Å². The van der Waals surface area contributed by atoms with Crippen molar-refractivity contribution in [3.63, 3.8) is 0 Å². The van der Waals surface area contributed by atoms with Crippen LogP contribution in [0, 0.1) is 5.92 Å². The highest BCUT2D eigenvalue weighted by Crippen LogP contribution is 2.36. The van der Waals surface area contributed by atoms with E-state index < -0.39 is 36.9 Å². The van der Waals surface area contributed by atoms with Gasteiger partial charge in [0.2, 0.25) is 0 Å². The van der Waals surface area contributed by atoms with Crippen molar-refractivity contribution < 1.29 is 31.1 Å². The Morgan fingerprint density at radius 2 is 1.60 bits per heavy atom. The second-order valence-corrected chi connectivity index (χ2v) is 3.02. The van der Waals surface area contributed by atoms with Gasteiger partial charge in [-0.1, -0.05) is 0 Å². The third-order valence-electron chi connectivity index (χ3n) is 1.94. The highest BCUT2D eigenvalue weighted by atomic mass is 19.4. The summed E-state index contributed by atoms with van der Waals surface area (Å²) < 4.78 is 72.9. The van der Waals surface area contributed by atoms with E-state index in [-0.39, 0.29) is 0 Å². The van der Waals surface area contributed by atoms with Gasteiger partial charge in [-0.3, -0.25) is 0 Å². The molecule has 1 fully saturated rings. The largest absolute Gasteiger partial charge is 0.409 e. The molecule has 88 valence electrons. The van der Waals surface area contributed by atoms with E-state index in [0.717, 1.165) is 0 Å². The molecular formula is C6H6F6N2O. The topological polar surface area (TPSA) is 41.1 Å². The first-order valence-corrected chi connectivity index (χ1v) is 3.80. The van der Waals surface area contributed by atoms with Crippen LogP contribution in [-0.4, -0.2) is 31.0 Å². The van der Waals surface area contributed by atoms with E-state index in [1.54, 1.807) is 5.32 Å². The van der Waals surface area contributed by atoms with Gasteiger partial charge in [-0.2, -0.15) is 26.3 Å². The number of rotatable bonds is 0. The second kappa shape index (κ2) is 3.46. The standard InChI is InChI=1S/C6H6F6N2O/c7-5(8,9)2-1-13-4(15)14-3(2)6(10,11)12/h2-3H,1H2,(H2,13,14,15). The molecule has 0 spiro atoms. The van der Waals surface area contributed by atoms with Crippen molar-refractivity contribution in [2.24, 2.45) is 5.92 Å². The van der Waals surface area contributed by atoms with Crippen molar-refractivity contribution in [3.8, 4) is 0 Å². The molecule has 0 aliphatic carbocycles. The van der Waals surface area contributed by atoms with Crippen molar-refractivity contribution in [1.82, 2.24) is 10.6 Å². The van der Waals surface area contributed by atoms with Crippen molar-refractivity contribution in [2.45, 2.75) is 18.4 Å². The molecule has 2 unspecified atom stereocenters. The normalized spacial score (nSPS) is 28.3. The van der Waals surface area contributed by atoms with Crippen molar-refractivity contribution >= 4 is 6.03 Å². The summed E-state index contributed by atoms with van der Waals surface area (Å²) in [7, 11) is 0. The molecule has 0 radical (unpaired) electrons. The zero-order chi connectivity index (χ0) is 11.9. The van der Waals surface area contributed by atoms with E-state index >= 15 is 0 Å². The minimum Gasteiger partial charge on any atom is -0.337 e. The average molecular weight is 236 g/mol. The zero-order valence-corrected chi connectivity index (χ0v) is 7.04. The summed E-state index contributed by atoms with van der Waals surface area (Å²) in [4.78, 5) is 10.5. The molecule has 15 heavy (non-hydrogen) atoms. The molecule has 2 amide bonds. The minimum atomic E-state index is -5.11. The van der Waals surface area contributed by atoms with E-state index in [4.69, 9.17) is 0 Å². The fourth-order valence-electron chi connectivity index (χ4n) is 1.23. The molecule has 0 bridgehead atoms. The molecule has 0 aromatic heterocycles. The summed E-state index contributed by atoms with van der Waals surface area (Å²) >= 11 is 0. The van der Waals surface area contributed by atoms with E-state index in [9.17, 15) is 31.1 Å². The van der Waals surface area contributed by atoms with Crippen LogP contribution in [0.4, 0.5) is 31.1 Å². The van der Waals surface area contributed by atoms with Crippen LogP contribution in [0.25, 0.3) is 0 Å². The summed E-state index contributed by atoms with van der Waals surface area (Å²) in [5, 5.41) is 2.89. The van der Waals surface area contributed by atoms with E-state index in [2.05, 4.69) is 0 Å². The Hall–Kier alpha value is -1.15. The van der Waals surface area contributed by atoms with Crippen LogP contribution < -0.4 is 10.6 Å². The molecule has 2 atom stereocenters. The van der Waals surface area contributed by atoms with Crippen LogP contribution >= 0.6 is 0 Å². The molecule has 1 aliphatic heterocycles. The number of alkyl halides is 6. The molecule has 9 heteroatoms. The first kappa shape index (κ1) is 11.9. The van der Waals surface area contributed by atoms with Crippen LogP contribution in [0.5, 0.6) is 0 Å². The summed E-state index contributed by atoms with van der Waals surface area (Å²) in [5.41, 5.74) is 0. The van der Waals surface area contributed by atoms with Crippen molar-refractivity contribution in [2.75, 3.05) is 6.54 Å². The summed E-state index contributed by atoms with van der Waals surface area (Å²) in [6, 6.07) is -4.14. The Bertz CT molecular complexity index is 259. The molecule has 0 aromatic carbocycles. The van der Waals surface area contributed by atoms with Crippen molar-refractivity contribution in [1.29, 1.82) is 0 Å². The fourth-order valence-corrected chi connectivity index (χ4v) is 1.23. The number of nitrogens with one attached hydrogen (secondary N) is 2. The minimum absolute atomic E-state index is 1.07. The van der Waals surface area contributed by atoms with Gasteiger partial charge in [-0.25, -0.2) is 4.79 Å². The van der Waals surface area contributed by atoms with Gasteiger partial charge in [0.15, 0.2) is 0 Å². The lowest BCUT2D eigenvalue weighted by atomic mass is 9.97. The molecule has 3 nitrogen and oxygen atoms in total. The monoisotopic (exact) mass is 236 g/mol. The van der Waals surface area contributed by atoms with Gasteiger partial charge in [-0.15, -0.1) is 0 Å². The number of hydrogen-bond donors (Lipinski definition) is 2. The molecule has 2 N–H and O–H groups in total. The Morgan fingerprint density at radius 3 is 2.00 bits per heavy atom. The molecule has 1 heterocycles. The summed E-state index contributed by atoms with van der Waals surface area (Å²) in [6.45, 7) is -1.07. The maximum Gasteiger partial charge on any atom is 0.409 e. The van der Waals surface area contributed by atoms with Crippen LogP contribution in [0.1, 0.15) is 0 Å². The van der Waals surface area contributed by atoms with Gasteiger partial charge in [-0.05, 0) is 0 Å². The smallest absolute Gasteiger partial charge is 0.337 e. The number of urea groups is 1. The van der Waals surface area contributed by atoms with Crippen LogP contribution in [0.15, 0.2) is 0 Å².